The quantitative estimate of drug-likeness (QED) is 0.342. The lowest BCUT2D eigenvalue weighted by molar-refractivity contribution is 0.0956. The molecular weight excluding hydrogens is 272 g/mol. The molecule has 0 bridgehead atoms. The number of hydrogen-bond acceptors (Lipinski definition) is 4. The summed E-state index contributed by atoms with van der Waals surface area (Å²) in [5.74, 6) is 0.532. The summed E-state index contributed by atoms with van der Waals surface area (Å²) in [6, 6.07) is 14.3. The predicted octanol–water partition coefficient (Wildman–Crippen LogP) is 2.50. The van der Waals surface area contributed by atoms with Gasteiger partial charge in [0.1, 0.15) is 5.75 Å². The van der Waals surface area contributed by atoms with Gasteiger partial charge < -0.3 is 16.2 Å². The third kappa shape index (κ3) is 3.93. The standard InChI is InChI=1S/C15H16N2O2S/c16-14-7-6-11(18)10-13(14)15(19)17-8-9-20-12-4-2-1-3-5-12/h1-7,10,18H,8-9,16H2,(H,17,19). The minimum Gasteiger partial charge on any atom is -0.508 e. The van der Waals surface area contributed by atoms with Gasteiger partial charge in [0, 0.05) is 22.9 Å². The normalized spacial score (nSPS) is 10.2. The molecule has 5 heteroatoms. The molecule has 0 saturated heterocycles. The molecule has 0 aromatic heterocycles. The highest BCUT2D eigenvalue weighted by atomic mass is 32.2. The number of aromatic hydroxyl groups is 1. The number of nitrogen functional groups attached to an aromatic ring is 1. The number of carbonyl (C=O) groups excluding carboxylic acids is 1. The van der Waals surface area contributed by atoms with Crippen LogP contribution in [0.25, 0.3) is 0 Å². The Morgan fingerprint density at radius 1 is 1.20 bits per heavy atom. The predicted molar refractivity (Wildman–Crippen MR) is 82.0 cm³/mol. The molecule has 0 spiro atoms. The van der Waals surface area contributed by atoms with E-state index in [4.69, 9.17) is 5.73 Å². The van der Waals surface area contributed by atoms with Gasteiger partial charge in [-0.15, -0.1) is 11.8 Å². The molecule has 0 atom stereocenters. The van der Waals surface area contributed by atoms with Crippen LogP contribution in [0.3, 0.4) is 0 Å². The minimum atomic E-state index is -0.271. The summed E-state index contributed by atoms with van der Waals surface area (Å²) in [4.78, 5) is 13.1. The van der Waals surface area contributed by atoms with Gasteiger partial charge in [-0.3, -0.25) is 4.79 Å². The Balaban J connectivity index is 1.82. The zero-order chi connectivity index (χ0) is 14.4. The summed E-state index contributed by atoms with van der Waals surface area (Å²) in [6.45, 7) is 0.535. The van der Waals surface area contributed by atoms with Crippen LogP contribution in [0.15, 0.2) is 53.4 Å². The number of phenolic OH excluding ortho intramolecular Hbond substituents is 1. The van der Waals surface area contributed by atoms with E-state index in [1.54, 1.807) is 11.8 Å². The Labute approximate surface area is 122 Å². The monoisotopic (exact) mass is 288 g/mol. The van der Waals surface area contributed by atoms with Crippen LogP contribution >= 0.6 is 11.8 Å². The summed E-state index contributed by atoms with van der Waals surface area (Å²) in [7, 11) is 0. The Morgan fingerprint density at radius 2 is 1.95 bits per heavy atom. The van der Waals surface area contributed by atoms with Crippen molar-refractivity contribution in [3.05, 3.63) is 54.1 Å². The molecule has 0 radical (unpaired) electrons. The molecule has 0 saturated carbocycles. The first-order valence-corrected chi connectivity index (χ1v) is 7.20. The van der Waals surface area contributed by atoms with E-state index in [0.717, 1.165) is 5.75 Å². The number of benzene rings is 2. The molecule has 2 rings (SSSR count). The number of nitrogens with one attached hydrogen (secondary N) is 1. The smallest absolute Gasteiger partial charge is 0.253 e. The van der Waals surface area contributed by atoms with Gasteiger partial charge in [0.05, 0.1) is 5.56 Å². The lowest BCUT2D eigenvalue weighted by Gasteiger charge is -2.08. The van der Waals surface area contributed by atoms with Crippen LogP contribution in [0, 0.1) is 0 Å². The maximum Gasteiger partial charge on any atom is 0.253 e. The van der Waals surface area contributed by atoms with E-state index in [2.05, 4.69) is 5.32 Å². The summed E-state index contributed by atoms with van der Waals surface area (Å²) in [6.07, 6.45) is 0. The lowest BCUT2D eigenvalue weighted by atomic mass is 10.1. The lowest BCUT2D eigenvalue weighted by Crippen LogP contribution is -2.26. The van der Waals surface area contributed by atoms with Gasteiger partial charge in [-0.05, 0) is 30.3 Å². The average Bonchev–Trinajstić information content (AvgIpc) is 2.47. The molecule has 0 unspecified atom stereocenters. The number of hydrogen-bond donors (Lipinski definition) is 3. The van der Waals surface area contributed by atoms with Gasteiger partial charge in [0.25, 0.3) is 5.91 Å². The van der Waals surface area contributed by atoms with Crippen molar-refractivity contribution in [3.63, 3.8) is 0 Å². The SMILES string of the molecule is Nc1ccc(O)cc1C(=O)NCCSc1ccccc1. The third-order valence-electron chi connectivity index (χ3n) is 2.68. The second-order valence-electron chi connectivity index (χ2n) is 4.19. The summed E-state index contributed by atoms with van der Waals surface area (Å²) < 4.78 is 0. The van der Waals surface area contributed by atoms with Crippen molar-refractivity contribution < 1.29 is 9.90 Å². The summed E-state index contributed by atoms with van der Waals surface area (Å²) in [5, 5.41) is 12.2. The maximum atomic E-state index is 11.9. The van der Waals surface area contributed by atoms with Crippen LogP contribution < -0.4 is 11.1 Å². The molecule has 2 aromatic carbocycles. The molecule has 0 aliphatic rings. The van der Waals surface area contributed by atoms with E-state index in [9.17, 15) is 9.90 Å². The number of anilines is 1. The van der Waals surface area contributed by atoms with E-state index < -0.39 is 0 Å². The van der Waals surface area contributed by atoms with E-state index >= 15 is 0 Å². The molecule has 1 amide bonds. The number of nitrogens with two attached hydrogens (primary N) is 1. The molecular formula is C15H16N2O2S. The first-order valence-electron chi connectivity index (χ1n) is 6.21. The summed E-state index contributed by atoms with van der Waals surface area (Å²) >= 11 is 1.67. The van der Waals surface area contributed by atoms with Crippen LogP contribution in [-0.2, 0) is 0 Å². The van der Waals surface area contributed by atoms with E-state index in [0.29, 0.717) is 17.8 Å². The topological polar surface area (TPSA) is 75.3 Å². The Bertz CT molecular complexity index is 588. The zero-order valence-corrected chi connectivity index (χ0v) is 11.7. The number of phenols is 1. The van der Waals surface area contributed by atoms with E-state index in [1.165, 1.54) is 23.1 Å². The van der Waals surface area contributed by atoms with Gasteiger partial charge in [0.2, 0.25) is 0 Å². The van der Waals surface area contributed by atoms with Gasteiger partial charge in [-0.1, -0.05) is 18.2 Å². The van der Waals surface area contributed by atoms with Crippen molar-refractivity contribution in [2.24, 2.45) is 0 Å². The molecule has 2 aromatic rings. The number of carbonyl (C=O) groups is 1. The highest BCUT2D eigenvalue weighted by Crippen LogP contribution is 2.19. The highest BCUT2D eigenvalue weighted by molar-refractivity contribution is 7.99. The maximum absolute atomic E-state index is 11.9. The Kier molecular flexibility index (Phi) is 4.90. The molecule has 4 N–H and O–H groups in total. The Morgan fingerprint density at radius 3 is 2.70 bits per heavy atom. The fraction of sp³-hybridized carbons (Fsp3) is 0.133. The van der Waals surface area contributed by atoms with Gasteiger partial charge in [-0.25, -0.2) is 0 Å². The van der Waals surface area contributed by atoms with Crippen molar-refractivity contribution in [2.75, 3.05) is 18.0 Å². The number of amides is 1. The molecule has 104 valence electrons. The first kappa shape index (κ1) is 14.3. The summed E-state index contributed by atoms with van der Waals surface area (Å²) in [5.41, 5.74) is 6.37. The van der Waals surface area contributed by atoms with Crippen LogP contribution in [0.5, 0.6) is 5.75 Å². The second-order valence-corrected chi connectivity index (χ2v) is 5.36. The van der Waals surface area contributed by atoms with Crippen molar-refractivity contribution in [2.45, 2.75) is 4.90 Å². The van der Waals surface area contributed by atoms with Crippen LogP contribution in [0.1, 0.15) is 10.4 Å². The van der Waals surface area contributed by atoms with E-state index in [-0.39, 0.29) is 11.7 Å². The van der Waals surface area contributed by atoms with Crippen LogP contribution in [0.4, 0.5) is 5.69 Å². The average molecular weight is 288 g/mol. The molecule has 4 nitrogen and oxygen atoms in total. The van der Waals surface area contributed by atoms with E-state index in [1.807, 2.05) is 30.3 Å². The van der Waals surface area contributed by atoms with Crippen molar-refractivity contribution >= 4 is 23.4 Å². The highest BCUT2D eigenvalue weighted by Gasteiger charge is 2.09. The van der Waals surface area contributed by atoms with Gasteiger partial charge >= 0.3 is 0 Å². The van der Waals surface area contributed by atoms with Crippen LogP contribution in [0.2, 0.25) is 0 Å². The van der Waals surface area contributed by atoms with Gasteiger partial charge in [-0.2, -0.15) is 0 Å². The van der Waals surface area contributed by atoms with Gasteiger partial charge in [0.15, 0.2) is 0 Å². The second kappa shape index (κ2) is 6.86. The van der Waals surface area contributed by atoms with Crippen LogP contribution in [-0.4, -0.2) is 23.3 Å². The molecule has 0 fully saturated rings. The molecule has 0 heterocycles. The number of rotatable bonds is 5. The minimum absolute atomic E-state index is 0.0306. The van der Waals surface area contributed by atoms with Crippen molar-refractivity contribution in [3.8, 4) is 5.75 Å². The third-order valence-corrected chi connectivity index (χ3v) is 3.69. The molecule has 0 aliphatic heterocycles. The molecule has 0 aliphatic carbocycles. The first-order chi connectivity index (χ1) is 9.66. The Hall–Kier alpha value is -2.14. The van der Waals surface area contributed by atoms with Crippen molar-refractivity contribution in [1.29, 1.82) is 0 Å². The zero-order valence-electron chi connectivity index (χ0n) is 10.9. The largest absolute Gasteiger partial charge is 0.508 e. The number of thioether (sulfide) groups is 1. The fourth-order valence-corrected chi connectivity index (χ4v) is 2.48. The van der Waals surface area contributed by atoms with Crippen molar-refractivity contribution in [1.82, 2.24) is 5.32 Å². The molecule has 20 heavy (non-hydrogen) atoms. The fourth-order valence-electron chi connectivity index (χ4n) is 1.69.